The molecule has 0 aromatic heterocycles. The quantitative estimate of drug-likeness (QED) is 0.0380. The summed E-state index contributed by atoms with van der Waals surface area (Å²) < 4.78 is 63.7. The average molecular weight is 750 g/mol. The Kier molecular flexibility index (Phi) is 15.5. The molecule has 0 heterocycles. The van der Waals surface area contributed by atoms with Gasteiger partial charge in [0, 0.05) is 5.69 Å². The van der Waals surface area contributed by atoms with E-state index in [2.05, 4.69) is 5.32 Å². The summed E-state index contributed by atoms with van der Waals surface area (Å²) in [6.07, 6.45) is 3.90. The van der Waals surface area contributed by atoms with Gasteiger partial charge in [-0.15, -0.1) is 0 Å². The van der Waals surface area contributed by atoms with E-state index in [-0.39, 0.29) is 32.8 Å². The van der Waals surface area contributed by atoms with Crippen molar-refractivity contribution in [2.24, 2.45) is 0 Å². The predicted octanol–water partition coefficient (Wildman–Crippen LogP) is 8.44. The van der Waals surface area contributed by atoms with Crippen molar-refractivity contribution < 1.29 is 51.6 Å². The van der Waals surface area contributed by atoms with Crippen LogP contribution < -0.4 is 33.7 Å². The van der Waals surface area contributed by atoms with Crippen molar-refractivity contribution in [3.8, 4) is 34.5 Å². The van der Waals surface area contributed by atoms with Gasteiger partial charge < -0.3 is 47.5 Å². The van der Waals surface area contributed by atoms with Crippen molar-refractivity contribution in [2.75, 3.05) is 67.3 Å². The highest BCUT2D eigenvalue weighted by atomic mass is 31.2. The third-order valence-corrected chi connectivity index (χ3v) is 10.2. The molecule has 0 amide bonds. The van der Waals surface area contributed by atoms with Gasteiger partial charge in [0.2, 0.25) is 5.75 Å². The van der Waals surface area contributed by atoms with Gasteiger partial charge in [-0.1, -0.05) is 42.5 Å². The molecule has 0 saturated carbocycles. The zero-order chi connectivity index (χ0) is 38.2. The Bertz CT molecular complexity index is 1810. The van der Waals surface area contributed by atoms with E-state index < -0.39 is 19.3 Å². The van der Waals surface area contributed by atoms with Gasteiger partial charge in [0.25, 0.3) is 0 Å². The first-order chi connectivity index (χ1) is 25.7. The molecule has 13 heteroatoms. The lowest BCUT2D eigenvalue weighted by Crippen LogP contribution is -2.16. The van der Waals surface area contributed by atoms with Gasteiger partial charge in [0.1, 0.15) is 19.0 Å². The fourth-order valence-electron chi connectivity index (χ4n) is 5.38. The molecule has 4 rings (SSSR count). The van der Waals surface area contributed by atoms with E-state index in [1.165, 1.54) is 0 Å². The smallest absolute Gasteiger partial charge is 0.357 e. The number of rotatable bonds is 21. The van der Waals surface area contributed by atoms with Gasteiger partial charge >= 0.3 is 13.6 Å². The van der Waals surface area contributed by atoms with Crippen LogP contribution in [0.4, 0.5) is 5.69 Å². The third-order valence-electron chi connectivity index (χ3n) is 7.92. The van der Waals surface area contributed by atoms with Crippen LogP contribution in [0.3, 0.4) is 0 Å². The van der Waals surface area contributed by atoms with Crippen LogP contribution in [0.5, 0.6) is 34.5 Å². The molecule has 1 N–H and O–H groups in total. The zero-order valence-corrected chi connectivity index (χ0v) is 32.1. The van der Waals surface area contributed by atoms with Crippen LogP contribution in [0.2, 0.25) is 0 Å². The summed E-state index contributed by atoms with van der Waals surface area (Å²) in [4.78, 5) is 12.7. The molecular weight excluding hydrogens is 701 g/mol. The van der Waals surface area contributed by atoms with Crippen molar-refractivity contribution >= 4 is 31.4 Å². The Morgan fingerprint density at radius 2 is 1.28 bits per heavy atom. The SMILES string of the molecule is CCOP(=O)(OCC)C(Nc1ccc(CC(=O)OCCOc2cc(/C=C\c3cc(OC)c(OC)c(OC)c3)ccc2OC)cc1)c1ccc(OC)cc1. The van der Waals surface area contributed by atoms with E-state index in [1.54, 1.807) is 91.9 Å². The molecule has 0 saturated heterocycles. The monoisotopic (exact) mass is 749 g/mol. The lowest BCUT2D eigenvalue weighted by atomic mass is 10.1. The number of carbonyl (C=O) groups is 1. The van der Waals surface area contributed by atoms with Gasteiger partial charge in [-0.2, -0.15) is 0 Å². The average Bonchev–Trinajstić information content (AvgIpc) is 3.18. The minimum Gasteiger partial charge on any atom is -0.497 e. The maximum atomic E-state index is 13.9. The van der Waals surface area contributed by atoms with Gasteiger partial charge in [0.15, 0.2) is 28.8 Å². The molecule has 284 valence electrons. The second-order valence-corrected chi connectivity index (χ2v) is 13.5. The number of benzene rings is 4. The van der Waals surface area contributed by atoms with Gasteiger partial charge in [0.05, 0.1) is 55.2 Å². The lowest BCUT2D eigenvalue weighted by Gasteiger charge is -2.28. The third kappa shape index (κ3) is 11.2. The van der Waals surface area contributed by atoms with Gasteiger partial charge in [-0.25, -0.2) is 0 Å². The Labute approximate surface area is 311 Å². The number of ether oxygens (including phenoxy) is 7. The van der Waals surface area contributed by atoms with Gasteiger partial charge in [-0.3, -0.25) is 9.36 Å². The number of carbonyl (C=O) groups excluding carboxylic acids is 1. The molecule has 53 heavy (non-hydrogen) atoms. The summed E-state index contributed by atoms with van der Waals surface area (Å²) in [7, 11) is 4.24. The van der Waals surface area contributed by atoms with Gasteiger partial charge in [-0.05, 0) is 84.6 Å². The molecule has 0 fully saturated rings. The molecule has 12 nitrogen and oxygen atoms in total. The first-order valence-corrected chi connectivity index (χ1v) is 18.6. The summed E-state index contributed by atoms with van der Waals surface area (Å²) in [6, 6.07) is 23.7. The molecule has 4 aromatic rings. The highest BCUT2D eigenvalue weighted by molar-refractivity contribution is 7.54. The van der Waals surface area contributed by atoms with E-state index in [0.717, 1.165) is 16.7 Å². The van der Waals surface area contributed by atoms with Crippen molar-refractivity contribution in [3.05, 3.63) is 101 Å². The van der Waals surface area contributed by atoms with Crippen LogP contribution in [0.1, 0.15) is 41.9 Å². The zero-order valence-electron chi connectivity index (χ0n) is 31.2. The summed E-state index contributed by atoms with van der Waals surface area (Å²) in [5.74, 6) is 2.16. The van der Waals surface area contributed by atoms with E-state index in [1.807, 2.05) is 48.6 Å². The maximum Gasteiger partial charge on any atom is 0.357 e. The molecule has 0 spiro atoms. The summed E-state index contributed by atoms with van der Waals surface area (Å²) in [6.45, 7) is 4.13. The topological polar surface area (TPSA) is 129 Å². The molecule has 0 aliphatic heterocycles. The fraction of sp³-hybridized carbons (Fsp3) is 0.325. The van der Waals surface area contributed by atoms with Crippen molar-refractivity contribution in [3.63, 3.8) is 0 Å². The molecular formula is C40H48NO11P. The Hall–Kier alpha value is -5.16. The largest absolute Gasteiger partial charge is 0.497 e. The highest BCUT2D eigenvalue weighted by Crippen LogP contribution is 2.60. The van der Waals surface area contributed by atoms with Crippen LogP contribution >= 0.6 is 7.60 Å². The van der Waals surface area contributed by atoms with E-state index in [4.69, 9.17) is 42.2 Å². The second kappa shape index (κ2) is 20.2. The maximum absolute atomic E-state index is 13.9. The predicted molar refractivity (Wildman–Crippen MR) is 205 cm³/mol. The Balaban J connectivity index is 1.34. The van der Waals surface area contributed by atoms with Crippen molar-refractivity contribution in [1.29, 1.82) is 0 Å². The number of esters is 1. The summed E-state index contributed by atoms with van der Waals surface area (Å²) >= 11 is 0. The molecule has 0 aliphatic rings. The van der Waals surface area contributed by atoms with Crippen molar-refractivity contribution in [2.45, 2.75) is 26.1 Å². The first kappa shape index (κ1) is 40.6. The summed E-state index contributed by atoms with van der Waals surface area (Å²) in [5.41, 5.74) is 3.84. The second-order valence-electron chi connectivity index (χ2n) is 11.3. The van der Waals surface area contributed by atoms with Crippen LogP contribution in [-0.2, 0) is 29.6 Å². The Morgan fingerprint density at radius 3 is 1.85 bits per heavy atom. The molecule has 4 aromatic carbocycles. The van der Waals surface area contributed by atoms with E-state index >= 15 is 0 Å². The van der Waals surface area contributed by atoms with E-state index in [9.17, 15) is 9.36 Å². The minimum absolute atomic E-state index is 0.0425. The number of nitrogens with one attached hydrogen (secondary N) is 1. The van der Waals surface area contributed by atoms with Crippen LogP contribution in [0, 0.1) is 0 Å². The normalized spacial score (nSPS) is 11.8. The lowest BCUT2D eigenvalue weighted by molar-refractivity contribution is -0.143. The molecule has 0 radical (unpaired) electrons. The standard InChI is InChI=1S/C40H48NO11P/c1-8-51-53(43,52-9-2)40(31-15-19-33(44-3)20-16-31)41-32-17-12-29(13-18-32)27-38(42)50-23-22-49-35-24-28(14-21-34(35)45-4)10-11-30-25-36(46-5)39(48-7)37(26-30)47-6/h10-21,24-26,40-41H,8-9,22-23,27H2,1-7H3/b11-10-. The number of anilines is 1. The van der Waals surface area contributed by atoms with Crippen molar-refractivity contribution in [1.82, 2.24) is 0 Å². The highest BCUT2D eigenvalue weighted by Gasteiger charge is 2.37. The molecule has 1 unspecified atom stereocenters. The molecule has 0 aliphatic carbocycles. The fourth-order valence-corrected chi connectivity index (χ4v) is 7.32. The number of hydrogen-bond donors (Lipinski definition) is 1. The Morgan fingerprint density at radius 1 is 0.679 bits per heavy atom. The number of methoxy groups -OCH3 is 5. The van der Waals surface area contributed by atoms with E-state index in [0.29, 0.717) is 45.7 Å². The first-order valence-electron chi connectivity index (χ1n) is 17.0. The van der Waals surface area contributed by atoms with Crippen LogP contribution in [0.25, 0.3) is 12.2 Å². The number of hydrogen-bond acceptors (Lipinski definition) is 12. The molecule has 0 bridgehead atoms. The summed E-state index contributed by atoms with van der Waals surface area (Å²) in [5, 5.41) is 3.31. The van der Waals surface area contributed by atoms with Crippen LogP contribution in [0.15, 0.2) is 78.9 Å². The molecule has 1 atom stereocenters. The van der Waals surface area contributed by atoms with Crippen LogP contribution in [-0.4, -0.2) is 67.9 Å². The minimum atomic E-state index is -3.61.